The molecule has 0 aliphatic rings. The Morgan fingerprint density at radius 2 is 1.13 bits per heavy atom. The summed E-state index contributed by atoms with van der Waals surface area (Å²) in [5.74, 6) is -5.03. The second-order valence-corrected chi connectivity index (χ2v) is 10.3. The lowest BCUT2D eigenvalue weighted by Gasteiger charge is -2.29. The molecule has 0 saturated heterocycles. The van der Waals surface area contributed by atoms with Crippen molar-refractivity contribution in [2.24, 2.45) is 17.8 Å². The monoisotopic (exact) mass is 532 g/mol. The van der Waals surface area contributed by atoms with Crippen LogP contribution in [0.25, 0.3) is 0 Å². The van der Waals surface area contributed by atoms with Gasteiger partial charge in [0.15, 0.2) is 0 Å². The number of nitrogens with one attached hydrogen (secondary N) is 4. The highest BCUT2D eigenvalue weighted by Crippen LogP contribution is 2.10. The molecule has 1 aromatic carbocycles. The number of carboxylic acids is 1. The predicted molar refractivity (Wildman–Crippen MR) is 141 cm³/mol. The molecule has 11 heteroatoms. The van der Waals surface area contributed by atoms with E-state index in [0.29, 0.717) is 12.7 Å². The zero-order valence-corrected chi connectivity index (χ0v) is 22.8. The average Bonchev–Trinajstić information content (AvgIpc) is 2.83. The number of hydrogen-bond acceptors (Lipinski definition) is 6. The average molecular weight is 533 g/mol. The van der Waals surface area contributed by atoms with Crippen LogP contribution in [0.15, 0.2) is 30.3 Å². The van der Waals surface area contributed by atoms with Crippen LogP contribution in [0.1, 0.15) is 53.5 Å². The second-order valence-electron chi connectivity index (χ2n) is 10.3. The van der Waals surface area contributed by atoms with Gasteiger partial charge in [0.2, 0.25) is 23.6 Å². The highest BCUT2D eigenvalue weighted by molar-refractivity contribution is 5.97. The van der Waals surface area contributed by atoms with E-state index in [0.717, 1.165) is 5.56 Å². The Kier molecular flexibility index (Phi) is 13.1. The Hall–Kier alpha value is -3.76. The Morgan fingerprint density at radius 1 is 0.711 bits per heavy atom. The van der Waals surface area contributed by atoms with Gasteiger partial charge < -0.3 is 31.2 Å². The topological polar surface area (TPSA) is 171 Å². The molecule has 5 N–H and O–H groups in total. The largest absolute Gasteiger partial charge is 0.481 e. The zero-order valence-electron chi connectivity index (χ0n) is 22.8. The maximum absolute atomic E-state index is 13.2. The lowest BCUT2D eigenvalue weighted by Crippen LogP contribution is -2.60. The van der Waals surface area contributed by atoms with Crippen LogP contribution in [0.4, 0.5) is 0 Å². The summed E-state index contributed by atoms with van der Waals surface area (Å²) >= 11 is 0. The van der Waals surface area contributed by atoms with Crippen LogP contribution in [0.2, 0.25) is 0 Å². The van der Waals surface area contributed by atoms with Gasteiger partial charge in [-0.3, -0.25) is 24.0 Å². The number of rotatable bonds is 15. The summed E-state index contributed by atoms with van der Waals surface area (Å²) < 4.78 is 0. The normalized spacial score (nSPS) is 14.2. The molecule has 1 rings (SSSR count). The summed E-state index contributed by atoms with van der Waals surface area (Å²) in [4.78, 5) is 73.6. The van der Waals surface area contributed by atoms with E-state index in [4.69, 9.17) is 5.11 Å². The zero-order chi connectivity index (χ0) is 29.0. The summed E-state index contributed by atoms with van der Waals surface area (Å²) in [5.41, 5.74) is 0.868. The molecule has 0 aliphatic carbocycles. The molecule has 0 fully saturated rings. The minimum Gasteiger partial charge on any atom is -0.481 e. The summed E-state index contributed by atoms with van der Waals surface area (Å²) in [6, 6.07) is 5.32. The highest BCUT2D eigenvalue weighted by Gasteiger charge is 2.33. The molecule has 1 aromatic rings. The van der Waals surface area contributed by atoms with Crippen LogP contribution in [-0.4, -0.2) is 65.2 Å². The molecule has 4 unspecified atom stereocenters. The smallest absolute Gasteiger partial charge is 0.312 e. The highest BCUT2D eigenvalue weighted by atomic mass is 16.4. The minimum atomic E-state index is -1.33. The molecule has 0 aliphatic heterocycles. The Bertz CT molecular complexity index is 979. The second kappa shape index (κ2) is 15.5. The summed E-state index contributed by atoms with van der Waals surface area (Å²) in [6.07, 6.45) is 0.150. The minimum absolute atomic E-state index is 0.295. The van der Waals surface area contributed by atoms with Gasteiger partial charge >= 0.3 is 5.97 Å². The maximum Gasteiger partial charge on any atom is 0.312 e. The summed E-state index contributed by atoms with van der Waals surface area (Å²) in [7, 11) is 0. The number of carboxylic acid groups (broad SMARTS) is 1. The van der Waals surface area contributed by atoms with Crippen molar-refractivity contribution in [3.05, 3.63) is 35.9 Å². The fraction of sp³-hybridized carbons (Fsp3) is 0.556. The third-order valence-electron chi connectivity index (χ3n) is 5.86. The number of aliphatic carboxylic acids is 1. The van der Waals surface area contributed by atoms with Crippen molar-refractivity contribution < 1.29 is 33.9 Å². The lowest BCUT2D eigenvalue weighted by atomic mass is 9.97. The van der Waals surface area contributed by atoms with Gasteiger partial charge in [-0.1, -0.05) is 71.9 Å². The van der Waals surface area contributed by atoms with Gasteiger partial charge in [0, 0.05) is 0 Å². The van der Waals surface area contributed by atoms with Crippen molar-refractivity contribution in [2.75, 3.05) is 0 Å². The van der Waals surface area contributed by atoms with E-state index in [1.165, 1.54) is 0 Å². The summed E-state index contributed by atoms with van der Waals surface area (Å²) in [6.45, 7) is 10.3. The van der Waals surface area contributed by atoms with Crippen LogP contribution in [0.5, 0.6) is 0 Å². The van der Waals surface area contributed by atoms with Gasteiger partial charge in [0.25, 0.3) is 0 Å². The van der Waals surface area contributed by atoms with Gasteiger partial charge in [-0.25, -0.2) is 0 Å². The van der Waals surface area contributed by atoms with Gasteiger partial charge in [-0.15, -0.1) is 0 Å². The van der Waals surface area contributed by atoms with E-state index in [2.05, 4.69) is 21.3 Å². The molecule has 0 aromatic heterocycles. The van der Waals surface area contributed by atoms with Gasteiger partial charge in [0.05, 0.1) is 6.04 Å². The SMILES string of the molecule is CC(C)C(NC(=O)CC(=O)O)C(=O)NC(C(=O)NC(C(=O)NC(C=O)Cc1ccccc1)C(C)C)C(C)C. The molecule has 4 amide bonds. The van der Waals surface area contributed by atoms with Gasteiger partial charge in [0.1, 0.15) is 30.8 Å². The van der Waals surface area contributed by atoms with Gasteiger partial charge in [-0.2, -0.15) is 0 Å². The number of hydrogen-bond donors (Lipinski definition) is 5. The molecule has 0 spiro atoms. The fourth-order valence-corrected chi connectivity index (χ4v) is 3.73. The number of aldehydes is 1. The Morgan fingerprint density at radius 3 is 1.53 bits per heavy atom. The number of benzene rings is 1. The molecule has 0 radical (unpaired) electrons. The van der Waals surface area contributed by atoms with Crippen molar-refractivity contribution in [1.29, 1.82) is 0 Å². The number of carbonyl (C=O) groups is 6. The van der Waals surface area contributed by atoms with Crippen LogP contribution in [0.3, 0.4) is 0 Å². The van der Waals surface area contributed by atoms with E-state index in [9.17, 15) is 28.8 Å². The molecule has 0 bridgehead atoms. The Balaban J connectivity index is 2.95. The van der Waals surface area contributed by atoms with Crippen LogP contribution in [-0.2, 0) is 35.2 Å². The van der Waals surface area contributed by atoms with Crippen molar-refractivity contribution in [3.63, 3.8) is 0 Å². The van der Waals surface area contributed by atoms with E-state index in [1.54, 1.807) is 41.5 Å². The van der Waals surface area contributed by atoms with E-state index in [1.807, 2.05) is 30.3 Å². The Labute approximate surface area is 223 Å². The van der Waals surface area contributed by atoms with Crippen molar-refractivity contribution >= 4 is 35.9 Å². The number of amides is 4. The van der Waals surface area contributed by atoms with E-state index in [-0.39, 0.29) is 17.8 Å². The molecule has 4 atom stereocenters. The fourth-order valence-electron chi connectivity index (χ4n) is 3.73. The quantitative estimate of drug-likeness (QED) is 0.164. The number of carbonyl (C=O) groups excluding carboxylic acids is 5. The first-order valence-electron chi connectivity index (χ1n) is 12.7. The van der Waals surface area contributed by atoms with Crippen LogP contribution >= 0.6 is 0 Å². The van der Waals surface area contributed by atoms with Crippen molar-refractivity contribution in [2.45, 2.75) is 78.6 Å². The van der Waals surface area contributed by atoms with Gasteiger partial charge in [-0.05, 0) is 29.7 Å². The van der Waals surface area contributed by atoms with Crippen molar-refractivity contribution in [3.8, 4) is 0 Å². The maximum atomic E-state index is 13.2. The molecule has 38 heavy (non-hydrogen) atoms. The van der Waals surface area contributed by atoms with E-state index >= 15 is 0 Å². The first-order valence-corrected chi connectivity index (χ1v) is 12.7. The predicted octanol–water partition coefficient (Wildman–Crippen LogP) is 0.810. The first kappa shape index (κ1) is 32.3. The third-order valence-corrected chi connectivity index (χ3v) is 5.86. The van der Waals surface area contributed by atoms with Crippen LogP contribution < -0.4 is 21.3 Å². The third kappa shape index (κ3) is 10.7. The molecular weight excluding hydrogens is 492 g/mol. The summed E-state index contributed by atoms with van der Waals surface area (Å²) in [5, 5.41) is 19.2. The van der Waals surface area contributed by atoms with E-state index < -0.39 is 60.2 Å². The lowest BCUT2D eigenvalue weighted by molar-refractivity contribution is -0.142. The molecule has 11 nitrogen and oxygen atoms in total. The molecular formula is C27H40N4O7. The molecule has 0 heterocycles. The van der Waals surface area contributed by atoms with Crippen LogP contribution in [0, 0.1) is 17.8 Å². The first-order chi connectivity index (χ1) is 17.8. The van der Waals surface area contributed by atoms with Crippen molar-refractivity contribution in [1.82, 2.24) is 21.3 Å². The molecule has 210 valence electrons. The molecule has 0 saturated carbocycles. The standard InChI is InChI=1S/C27H40N4O7/c1-15(2)22(29-20(33)13-21(34)35)26(37)31-24(17(5)6)27(38)30-23(16(3)4)25(36)28-19(14-32)12-18-10-8-7-9-11-18/h7-11,14-17,19,22-24H,12-13H2,1-6H3,(H,28,36)(H,29,33)(H,30,38)(H,31,37)(H,34,35).